The minimum absolute atomic E-state index is 0.0307. The maximum atomic E-state index is 11.9. The predicted molar refractivity (Wildman–Crippen MR) is 134 cm³/mol. The Balaban J connectivity index is 1.91. The Morgan fingerprint density at radius 1 is 0.611 bits per heavy atom. The van der Waals surface area contributed by atoms with Crippen LogP contribution in [-0.4, -0.2) is 19.7 Å². The first-order valence-electron chi connectivity index (χ1n) is 9.98. The van der Waals surface area contributed by atoms with Crippen LogP contribution >= 0.6 is 21.6 Å². The van der Waals surface area contributed by atoms with Gasteiger partial charge in [-0.25, -0.2) is 0 Å². The smallest absolute Gasteiger partial charge is 0.258 e. The Morgan fingerprint density at radius 2 is 1.11 bits per heavy atom. The van der Waals surface area contributed by atoms with Crippen LogP contribution in [-0.2, 0) is 0 Å². The van der Waals surface area contributed by atoms with Gasteiger partial charge in [0.05, 0.1) is 43.0 Å². The van der Waals surface area contributed by atoms with E-state index in [1.165, 1.54) is 21.6 Å². The number of non-ortho nitro benzene ring substituents is 2. The zero-order chi connectivity index (χ0) is 25.7. The fourth-order valence-corrected chi connectivity index (χ4v) is 6.65. The SMILES string of the molecule is O=[N+]([O-])c1cc2c(c([N+](=O)[O-])c1)-c1c(cc([N+](=O)[O-])cc1[N+](=O)[O-])C2=C1C=C(c2ccccc2)SS1. The molecule has 0 saturated carbocycles. The first-order chi connectivity index (χ1) is 17.2. The van der Waals surface area contributed by atoms with Crippen molar-refractivity contribution < 1.29 is 19.7 Å². The highest BCUT2D eigenvalue weighted by Crippen LogP contribution is 2.60. The van der Waals surface area contributed by atoms with Crippen LogP contribution in [0, 0.1) is 40.5 Å². The Morgan fingerprint density at radius 3 is 1.56 bits per heavy atom. The van der Waals surface area contributed by atoms with Gasteiger partial charge in [0.15, 0.2) is 0 Å². The number of nitro groups is 4. The summed E-state index contributed by atoms with van der Waals surface area (Å²) < 4.78 is 0. The van der Waals surface area contributed by atoms with E-state index in [0.29, 0.717) is 4.91 Å². The number of allylic oxidation sites excluding steroid dienone is 1. The summed E-state index contributed by atoms with van der Waals surface area (Å²) in [6.07, 6.45) is 1.76. The number of nitro benzene ring substituents is 4. The Labute approximate surface area is 208 Å². The lowest BCUT2D eigenvalue weighted by molar-refractivity contribution is -0.395. The van der Waals surface area contributed by atoms with Crippen molar-refractivity contribution in [2.75, 3.05) is 0 Å². The van der Waals surface area contributed by atoms with E-state index in [2.05, 4.69) is 0 Å². The average Bonchev–Trinajstić information content (AvgIpc) is 3.45. The summed E-state index contributed by atoms with van der Waals surface area (Å²) in [4.78, 5) is 45.1. The molecule has 5 rings (SSSR count). The van der Waals surface area contributed by atoms with Gasteiger partial charge in [0, 0.05) is 38.6 Å². The highest BCUT2D eigenvalue weighted by Gasteiger charge is 2.41. The number of hydrogen-bond acceptors (Lipinski definition) is 10. The van der Waals surface area contributed by atoms with Crippen molar-refractivity contribution in [3.63, 3.8) is 0 Å². The van der Waals surface area contributed by atoms with Crippen LogP contribution in [0.2, 0.25) is 0 Å². The Hall–Kier alpha value is -4.56. The molecule has 12 nitrogen and oxygen atoms in total. The van der Waals surface area contributed by atoms with Gasteiger partial charge in [-0.2, -0.15) is 0 Å². The molecule has 1 aliphatic heterocycles. The molecule has 2 aliphatic rings. The largest absolute Gasteiger partial charge is 0.284 e. The van der Waals surface area contributed by atoms with Gasteiger partial charge in [-0.3, -0.25) is 40.5 Å². The first-order valence-corrected chi connectivity index (χ1v) is 12.1. The summed E-state index contributed by atoms with van der Waals surface area (Å²) in [7, 11) is 2.62. The minimum atomic E-state index is -0.851. The second-order valence-corrected chi connectivity index (χ2v) is 9.80. The van der Waals surface area contributed by atoms with Crippen molar-refractivity contribution in [3.05, 3.63) is 123 Å². The van der Waals surface area contributed by atoms with Crippen molar-refractivity contribution in [2.24, 2.45) is 0 Å². The van der Waals surface area contributed by atoms with E-state index in [9.17, 15) is 40.5 Å². The number of nitrogens with zero attached hydrogens (tertiary/aromatic N) is 4. The zero-order valence-electron chi connectivity index (χ0n) is 17.6. The van der Waals surface area contributed by atoms with Crippen molar-refractivity contribution in [1.29, 1.82) is 0 Å². The molecule has 3 aromatic rings. The lowest BCUT2D eigenvalue weighted by atomic mass is 10.0. The van der Waals surface area contributed by atoms with Crippen molar-refractivity contribution >= 4 is 54.8 Å². The van der Waals surface area contributed by atoms with Gasteiger partial charge >= 0.3 is 0 Å². The van der Waals surface area contributed by atoms with E-state index in [0.717, 1.165) is 34.7 Å². The van der Waals surface area contributed by atoms with Crippen molar-refractivity contribution in [1.82, 2.24) is 0 Å². The summed E-state index contributed by atoms with van der Waals surface area (Å²) in [6, 6.07) is 13.0. The van der Waals surface area contributed by atoms with Gasteiger partial charge in [-0.15, -0.1) is 0 Å². The van der Waals surface area contributed by atoms with Crippen LogP contribution in [0.15, 0.2) is 65.6 Å². The third-order valence-corrected chi connectivity index (χ3v) is 8.04. The maximum Gasteiger partial charge on any atom is 0.284 e. The number of benzene rings is 3. The second-order valence-electron chi connectivity index (χ2n) is 7.58. The Kier molecular flexibility index (Phi) is 5.53. The summed E-state index contributed by atoms with van der Waals surface area (Å²) >= 11 is 0. The molecule has 1 aliphatic carbocycles. The van der Waals surface area contributed by atoms with Gasteiger partial charge in [0.2, 0.25) is 0 Å². The van der Waals surface area contributed by atoms with Crippen LogP contribution in [0.1, 0.15) is 16.7 Å². The highest BCUT2D eigenvalue weighted by atomic mass is 33.1. The number of fused-ring (bicyclic) bond motifs is 3. The predicted octanol–water partition coefficient (Wildman–Crippen LogP) is 6.50. The van der Waals surface area contributed by atoms with E-state index >= 15 is 0 Å². The summed E-state index contributed by atoms with van der Waals surface area (Å²) in [6.45, 7) is 0. The molecule has 1 heterocycles. The fourth-order valence-electron chi connectivity index (χ4n) is 4.16. The molecule has 0 bridgehead atoms. The second kappa shape index (κ2) is 8.58. The highest BCUT2D eigenvalue weighted by molar-refractivity contribution is 8.82. The monoisotopic (exact) mass is 522 g/mol. The Bertz CT molecular complexity index is 1520. The first kappa shape index (κ1) is 23.2. The minimum Gasteiger partial charge on any atom is -0.258 e. The van der Waals surface area contributed by atoms with Crippen LogP contribution in [0.4, 0.5) is 22.7 Å². The molecule has 0 radical (unpaired) electrons. The topological polar surface area (TPSA) is 173 Å². The van der Waals surface area contributed by atoms with Gasteiger partial charge < -0.3 is 0 Å². The van der Waals surface area contributed by atoms with Gasteiger partial charge in [0.25, 0.3) is 22.7 Å². The molecule has 3 aromatic carbocycles. The van der Waals surface area contributed by atoms with E-state index in [-0.39, 0.29) is 27.8 Å². The average molecular weight is 522 g/mol. The summed E-state index contributed by atoms with van der Waals surface area (Å²) in [5.74, 6) is 0. The molecule has 0 spiro atoms. The van der Waals surface area contributed by atoms with Crippen molar-refractivity contribution in [2.45, 2.75) is 0 Å². The lowest BCUT2D eigenvalue weighted by Gasteiger charge is -2.06. The van der Waals surface area contributed by atoms with Crippen LogP contribution in [0.25, 0.3) is 21.6 Å². The summed E-state index contributed by atoms with van der Waals surface area (Å²) in [5, 5.41) is 47.0. The molecule has 36 heavy (non-hydrogen) atoms. The molecule has 0 N–H and O–H groups in total. The van der Waals surface area contributed by atoms with Gasteiger partial charge in [-0.05, 0) is 11.6 Å². The fraction of sp³-hybridized carbons (Fsp3) is 0. The van der Waals surface area contributed by atoms with Gasteiger partial charge in [0.1, 0.15) is 0 Å². The van der Waals surface area contributed by atoms with Gasteiger partial charge in [-0.1, -0.05) is 51.9 Å². The van der Waals surface area contributed by atoms with Crippen LogP contribution in [0.3, 0.4) is 0 Å². The molecular formula is C22H10N4O8S2. The third kappa shape index (κ3) is 3.68. The van der Waals surface area contributed by atoms with E-state index in [1.807, 2.05) is 30.3 Å². The van der Waals surface area contributed by atoms with E-state index in [1.54, 1.807) is 6.08 Å². The molecule has 0 amide bonds. The number of rotatable bonds is 5. The third-order valence-electron chi connectivity index (χ3n) is 5.60. The van der Waals surface area contributed by atoms with Crippen LogP contribution in [0.5, 0.6) is 0 Å². The quantitative estimate of drug-likeness (QED) is 0.160. The van der Waals surface area contributed by atoms with Crippen LogP contribution < -0.4 is 0 Å². The number of hydrogen-bond donors (Lipinski definition) is 0. The van der Waals surface area contributed by atoms with E-state index in [4.69, 9.17) is 0 Å². The molecule has 14 heteroatoms. The molecule has 0 unspecified atom stereocenters. The molecular weight excluding hydrogens is 512 g/mol. The maximum absolute atomic E-state index is 11.9. The zero-order valence-corrected chi connectivity index (χ0v) is 19.3. The lowest BCUT2D eigenvalue weighted by Crippen LogP contribution is -1.99. The normalized spacial score (nSPS) is 13.7. The van der Waals surface area contributed by atoms with Crippen molar-refractivity contribution in [3.8, 4) is 11.1 Å². The molecule has 0 atom stereocenters. The molecule has 0 fully saturated rings. The molecule has 178 valence electrons. The summed E-state index contributed by atoms with van der Waals surface area (Å²) in [5.41, 5.74) is -1.76. The molecule has 0 aromatic heterocycles. The van der Waals surface area contributed by atoms with E-state index < -0.39 is 42.4 Å². The molecule has 0 saturated heterocycles. The standard InChI is InChI=1S/C22H10N4O8S2/c27-23(28)12-6-14-20(19-10-18(35-36-19)11-4-2-1-3-5-11)15-7-13(24(29)30)9-17(26(33)34)22(15)21(14)16(8-12)25(31)32/h1-10H.